The van der Waals surface area contributed by atoms with Gasteiger partial charge in [0.25, 0.3) is 5.91 Å². The second kappa shape index (κ2) is 10.5. The van der Waals surface area contributed by atoms with E-state index in [9.17, 15) is 9.59 Å². The largest absolute Gasteiger partial charge is 0.494 e. The van der Waals surface area contributed by atoms with Crippen molar-refractivity contribution in [1.29, 1.82) is 0 Å². The lowest BCUT2D eigenvalue weighted by Gasteiger charge is -2.20. The van der Waals surface area contributed by atoms with Crippen LogP contribution in [0.5, 0.6) is 5.75 Å². The Labute approximate surface area is 172 Å². The van der Waals surface area contributed by atoms with Crippen LogP contribution in [0.15, 0.2) is 48.5 Å². The highest BCUT2D eigenvalue weighted by Crippen LogP contribution is 2.17. The average Bonchev–Trinajstić information content (AvgIpc) is 3.03. The van der Waals surface area contributed by atoms with Crippen LogP contribution in [0.1, 0.15) is 43.0 Å². The first-order valence-corrected chi connectivity index (χ1v) is 10.3. The molecule has 0 radical (unpaired) electrons. The monoisotopic (exact) mass is 395 g/mol. The fourth-order valence-electron chi connectivity index (χ4n) is 3.38. The number of carbonyl (C=O) groups is 2. The number of ether oxygens (including phenoxy) is 1. The van der Waals surface area contributed by atoms with Crippen LogP contribution in [0.4, 0.5) is 11.4 Å². The van der Waals surface area contributed by atoms with E-state index in [0.717, 1.165) is 37.4 Å². The number of likely N-dealkylation sites (tertiary alicyclic amines) is 1. The first-order chi connectivity index (χ1) is 14.2. The molecule has 3 rings (SSSR count). The van der Waals surface area contributed by atoms with E-state index < -0.39 is 0 Å². The summed E-state index contributed by atoms with van der Waals surface area (Å²) < 4.78 is 5.40. The number of nitrogens with zero attached hydrogens (tertiary/aromatic N) is 1. The fourth-order valence-corrected chi connectivity index (χ4v) is 3.38. The molecule has 2 N–H and O–H groups in total. The van der Waals surface area contributed by atoms with Crippen molar-refractivity contribution >= 4 is 23.2 Å². The third-order valence-corrected chi connectivity index (χ3v) is 4.93. The quantitative estimate of drug-likeness (QED) is 0.739. The number of hydrogen-bond donors (Lipinski definition) is 2. The second-order valence-electron chi connectivity index (χ2n) is 7.14. The summed E-state index contributed by atoms with van der Waals surface area (Å²) in [5.41, 5.74) is 2.19. The van der Waals surface area contributed by atoms with E-state index >= 15 is 0 Å². The maximum atomic E-state index is 12.6. The zero-order valence-corrected chi connectivity index (χ0v) is 16.9. The maximum absolute atomic E-state index is 12.6. The highest BCUT2D eigenvalue weighted by Gasteiger charge is 2.17. The van der Waals surface area contributed by atoms with Gasteiger partial charge in [-0.25, -0.2) is 0 Å². The molecule has 0 spiro atoms. The molecule has 0 saturated carbocycles. The Morgan fingerprint density at radius 1 is 0.897 bits per heavy atom. The van der Waals surface area contributed by atoms with Crippen LogP contribution in [-0.4, -0.2) is 43.0 Å². The topological polar surface area (TPSA) is 70.7 Å². The number of hydrogen-bond acceptors (Lipinski definition) is 4. The standard InChI is InChI=1S/C23H29N3O3/c1-2-29-21-13-11-19(12-14-21)24-17-22(27)25-20-9-7-18(8-10-20)23(28)26-15-5-3-4-6-16-26/h7-14,24H,2-6,15-17H2,1H3,(H,25,27). The molecule has 1 aliphatic heterocycles. The number of carbonyl (C=O) groups excluding carboxylic acids is 2. The van der Waals surface area contributed by atoms with Gasteiger partial charge in [-0.2, -0.15) is 0 Å². The van der Waals surface area contributed by atoms with Gasteiger partial charge in [-0.1, -0.05) is 12.8 Å². The molecule has 2 aromatic carbocycles. The van der Waals surface area contributed by atoms with E-state index in [1.165, 1.54) is 12.8 Å². The average molecular weight is 396 g/mol. The van der Waals surface area contributed by atoms with Crippen molar-refractivity contribution in [3.05, 3.63) is 54.1 Å². The van der Waals surface area contributed by atoms with Crippen LogP contribution in [0.3, 0.4) is 0 Å². The third kappa shape index (κ3) is 6.24. The van der Waals surface area contributed by atoms with Crippen molar-refractivity contribution in [2.24, 2.45) is 0 Å². The van der Waals surface area contributed by atoms with Crippen molar-refractivity contribution in [1.82, 2.24) is 4.90 Å². The van der Waals surface area contributed by atoms with Crippen LogP contribution in [-0.2, 0) is 4.79 Å². The van der Waals surface area contributed by atoms with Crippen molar-refractivity contribution < 1.29 is 14.3 Å². The maximum Gasteiger partial charge on any atom is 0.253 e. The third-order valence-electron chi connectivity index (χ3n) is 4.93. The molecule has 1 saturated heterocycles. The minimum absolute atomic E-state index is 0.0712. The first-order valence-electron chi connectivity index (χ1n) is 10.3. The van der Waals surface area contributed by atoms with E-state index in [1.54, 1.807) is 24.3 Å². The first kappa shape index (κ1) is 20.7. The Kier molecular flexibility index (Phi) is 7.50. The highest BCUT2D eigenvalue weighted by molar-refractivity contribution is 5.96. The molecule has 0 atom stereocenters. The van der Waals surface area contributed by atoms with E-state index in [4.69, 9.17) is 4.74 Å². The lowest BCUT2D eigenvalue weighted by molar-refractivity contribution is -0.114. The molecule has 2 aromatic rings. The Morgan fingerprint density at radius 3 is 2.14 bits per heavy atom. The van der Waals surface area contributed by atoms with Gasteiger partial charge in [0, 0.05) is 30.0 Å². The molecule has 0 bridgehead atoms. The van der Waals surface area contributed by atoms with Crippen LogP contribution in [0, 0.1) is 0 Å². The molecule has 0 unspecified atom stereocenters. The van der Waals surface area contributed by atoms with Gasteiger partial charge in [0.1, 0.15) is 5.75 Å². The molecule has 1 heterocycles. The van der Waals surface area contributed by atoms with Crippen molar-refractivity contribution in [2.75, 3.05) is 36.9 Å². The van der Waals surface area contributed by atoms with Crippen molar-refractivity contribution in [3.8, 4) is 5.75 Å². The minimum atomic E-state index is -0.148. The number of nitrogens with one attached hydrogen (secondary N) is 2. The number of amides is 2. The van der Waals surface area contributed by atoms with Crippen LogP contribution in [0.25, 0.3) is 0 Å². The molecular formula is C23H29N3O3. The molecule has 2 amide bonds. The zero-order valence-electron chi connectivity index (χ0n) is 16.9. The van der Waals surface area contributed by atoms with Gasteiger partial charge in [0.2, 0.25) is 5.91 Å². The molecule has 1 fully saturated rings. The van der Waals surface area contributed by atoms with E-state index in [0.29, 0.717) is 17.9 Å². The van der Waals surface area contributed by atoms with E-state index in [2.05, 4.69) is 10.6 Å². The Hall–Kier alpha value is -3.02. The molecule has 154 valence electrons. The lowest BCUT2D eigenvalue weighted by Crippen LogP contribution is -2.31. The predicted octanol–water partition coefficient (Wildman–Crippen LogP) is 4.15. The van der Waals surface area contributed by atoms with Crippen molar-refractivity contribution in [3.63, 3.8) is 0 Å². The summed E-state index contributed by atoms with van der Waals surface area (Å²) in [6, 6.07) is 14.6. The summed E-state index contributed by atoms with van der Waals surface area (Å²) in [7, 11) is 0. The van der Waals surface area contributed by atoms with Gasteiger partial charge >= 0.3 is 0 Å². The molecule has 6 nitrogen and oxygen atoms in total. The summed E-state index contributed by atoms with van der Waals surface area (Å²) in [5.74, 6) is 0.727. The summed E-state index contributed by atoms with van der Waals surface area (Å²) in [6.07, 6.45) is 4.53. The summed E-state index contributed by atoms with van der Waals surface area (Å²) in [4.78, 5) is 26.7. The molecule has 29 heavy (non-hydrogen) atoms. The van der Waals surface area contributed by atoms with Gasteiger partial charge < -0.3 is 20.3 Å². The van der Waals surface area contributed by atoms with Crippen LogP contribution in [0.2, 0.25) is 0 Å². The highest BCUT2D eigenvalue weighted by atomic mass is 16.5. The Bertz CT molecular complexity index is 795. The summed E-state index contributed by atoms with van der Waals surface area (Å²) >= 11 is 0. The normalized spacial score (nSPS) is 14.0. The van der Waals surface area contributed by atoms with E-state index in [1.807, 2.05) is 36.1 Å². The molecular weight excluding hydrogens is 366 g/mol. The molecule has 0 aromatic heterocycles. The van der Waals surface area contributed by atoms with Gasteiger partial charge in [-0.15, -0.1) is 0 Å². The smallest absolute Gasteiger partial charge is 0.253 e. The molecule has 0 aliphatic carbocycles. The minimum Gasteiger partial charge on any atom is -0.494 e. The Morgan fingerprint density at radius 2 is 1.52 bits per heavy atom. The van der Waals surface area contributed by atoms with Gasteiger partial charge in [-0.05, 0) is 68.3 Å². The summed E-state index contributed by atoms with van der Waals surface area (Å²) in [5, 5.41) is 5.93. The number of rotatable bonds is 7. The fraction of sp³-hybridized carbons (Fsp3) is 0.391. The summed E-state index contributed by atoms with van der Waals surface area (Å²) in [6.45, 7) is 4.37. The lowest BCUT2D eigenvalue weighted by atomic mass is 10.1. The molecule has 6 heteroatoms. The molecule has 1 aliphatic rings. The van der Waals surface area contributed by atoms with Crippen molar-refractivity contribution in [2.45, 2.75) is 32.6 Å². The van der Waals surface area contributed by atoms with E-state index in [-0.39, 0.29) is 18.4 Å². The SMILES string of the molecule is CCOc1ccc(NCC(=O)Nc2ccc(C(=O)N3CCCCCC3)cc2)cc1. The Balaban J connectivity index is 1.48. The van der Waals surface area contributed by atoms with Gasteiger partial charge in [-0.3, -0.25) is 9.59 Å². The second-order valence-corrected chi connectivity index (χ2v) is 7.14. The zero-order chi connectivity index (χ0) is 20.5. The van der Waals surface area contributed by atoms with Crippen LogP contribution >= 0.6 is 0 Å². The van der Waals surface area contributed by atoms with Gasteiger partial charge in [0.15, 0.2) is 0 Å². The van der Waals surface area contributed by atoms with Gasteiger partial charge in [0.05, 0.1) is 13.2 Å². The van der Waals surface area contributed by atoms with Crippen LogP contribution < -0.4 is 15.4 Å². The predicted molar refractivity (Wildman–Crippen MR) is 116 cm³/mol. The number of benzene rings is 2. The number of anilines is 2.